The molecule has 0 unspecified atom stereocenters. The molecule has 1 heterocycles. The number of nitrogens with one attached hydrogen (secondary N) is 1. The molecule has 2 aromatic rings. The minimum Gasteiger partial charge on any atom is -0.445 e. The van der Waals surface area contributed by atoms with Crippen LogP contribution in [0.3, 0.4) is 0 Å². The fourth-order valence-corrected chi connectivity index (χ4v) is 4.64. The summed E-state index contributed by atoms with van der Waals surface area (Å²) in [5, 5.41) is 0.541. The van der Waals surface area contributed by atoms with Gasteiger partial charge in [-0.15, -0.1) is 0 Å². The summed E-state index contributed by atoms with van der Waals surface area (Å²) >= 11 is 0. The molecule has 1 aliphatic carbocycles. The zero-order valence-electron chi connectivity index (χ0n) is 12.6. The van der Waals surface area contributed by atoms with Crippen molar-refractivity contribution in [2.75, 3.05) is 0 Å². The number of rotatable bonds is 5. The van der Waals surface area contributed by atoms with Crippen LogP contribution in [-0.4, -0.2) is 25.6 Å². The minimum absolute atomic E-state index is 0.141. The molecule has 23 heavy (non-hydrogen) atoms. The van der Waals surface area contributed by atoms with E-state index in [9.17, 15) is 13.2 Å². The van der Waals surface area contributed by atoms with Crippen LogP contribution in [0.25, 0.3) is 10.9 Å². The first-order chi connectivity index (χ1) is 11.1. The van der Waals surface area contributed by atoms with Gasteiger partial charge in [0.1, 0.15) is 0 Å². The van der Waals surface area contributed by atoms with E-state index in [1.54, 1.807) is 30.5 Å². The van der Waals surface area contributed by atoms with Crippen LogP contribution in [0, 0.1) is 0 Å². The second kappa shape index (κ2) is 6.25. The Morgan fingerprint density at radius 3 is 2.65 bits per heavy atom. The number of benzene rings is 1. The molecule has 7 heteroatoms. The van der Waals surface area contributed by atoms with Crippen molar-refractivity contribution in [1.82, 2.24) is 9.71 Å². The summed E-state index contributed by atoms with van der Waals surface area (Å²) in [6.45, 7) is 0.318. The molecule has 0 amide bonds. The van der Waals surface area contributed by atoms with E-state index in [-0.39, 0.29) is 4.90 Å². The number of hydrogen-bond donors (Lipinski definition) is 1. The number of carbonyl (C=O) groups is 1. The van der Waals surface area contributed by atoms with E-state index in [0.29, 0.717) is 30.2 Å². The van der Waals surface area contributed by atoms with Gasteiger partial charge in [-0.05, 0) is 37.1 Å². The van der Waals surface area contributed by atoms with Crippen molar-refractivity contribution in [3.05, 3.63) is 36.5 Å². The lowest BCUT2D eigenvalue weighted by atomic mass is 9.92. The van der Waals surface area contributed by atoms with E-state index in [0.717, 1.165) is 19.3 Å². The SMILES string of the molecule is O=COC1(NS(=O)(=O)c2cccc3ncccc23)CCCCC1. The molecule has 0 radical (unpaired) electrons. The van der Waals surface area contributed by atoms with Crippen molar-refractivity contribution in [3.8, 4) is 0 Å². The third-order valence-electron chi connectivity index (χ3n) is 4.15. The zero-order chi connectivity index (χ0) is 16.3. The van der Waals surface area contributed by atoms with Gasteiger partial charge in [0.2, 0.25) is 10.0 Å². The number of hydrogen-bond acceptors (Lipinski definition) is 5. The van der Waals surface area contributed by atoms with Crippen LogP contribution in [0.4, 0.5) is 0 Å². The van der Waals surface area contributed by atoms with E-state index in [2.05, 4.69) is 9.71 Å². The van der Waals surface area contributed by atoms with Gasteiger partial charge in [-0.3, -0.25) is 9.78 Å². The number of fused-ring (bicyclic) bond motifs is 1. The summed E-state index contributed by atoms with van der Waals surface area (Å²) < 4.78 is 33.5. The number of carbonyl (C=O) groups excluding carboxylic acids is 1. The highest BCUT2D eigenvalue weighted by atomic mass is 32.2. The Kier molecular flexibility index (Phi) is 4.32. The number of ether oxygens (including phenoxy) is 1. The van der Waals surface area contributed by atoms with Crippen LogP contribution < -0.4 is 4.72 Å². The zero-order valence-corrected chi connectivity index (χ0v) is 13.4. The Bertz CT molecular complexity index is 808. The third kappa shape index (κ3) is 3.20. The molecule has 0 bridgehead atoms. The second-order valence-corrected chi connectivity index (χ2v) is 7.35. The molecule has 3 rings (SSSR count). The van der Waals surface area contributed by atoms with Gasteiger partial charge in [0.15, 0.2) is 5.72 Å². The predicted molar refractivity (Wildman–Crippen MR) is 85.0 cm³/mol. The number of sulfonamides is 1. The minimum atomic E-state index is -3.84. The summed E-state index contributed by atoms with van der Waals surface area (Å²) in [6, 6.07) is 8.35. The number of pyridine rings is 1. The molecule has 0 spiro atoms. The van der Waals surface area contributed by atoms with Crippen LogP contribution in [-0.2, 0) is 19.6 Å². The van der Waals surface area contributed by atoms with E-state index < -0.39 is 15.7 Å². The highest BCUT2D eigenvalue weighted by Gasteiger charge is 2.38. The molecule has 1 aliphatic rings. The smallest absolute Gasteiger partial charge is 0.294 e. The number of nitrogens with zero attached hydrogens (tertiary/aromatic N) is 1. The quantitative estimate of drug-likeness (QED) is 0.670. The second-order valence-electron chi connectivity index (χ2n) is 5.70. The lowest BCUT2D eigenvalue weighted by Crippen LogP contribution is -2.51. The van der Waals surface area contributed by atoms with E-state index in [1.165, 1.54) is 6.07 Å². The van der Waals surface area contributed by atoms with Crippen molar-refractivity contribution < 1.29 is 17.9 Å². The van der Waals surface area contributed by atoms with E-state index in [1.807, 2.05) is 0 Å². The average molecular weight is 334 g/mol. The predicted octanol–water partition coefficient (Wildman–Crippen LogP) is 2.35. The van der Waals surface area contributed by atoms with Gasteiger partial charge in [-0.2, -0.15) is 4.72 Å². The molecular weight excluding hydrogens is 316 g/mol. The van der Waals surface area contributed by atoms with E-state index >= 15 is 0 Å². The van der Waals surface area contributed by atoms with Gasteiger partial charge in [0.05, 0.1) is 10.4 Å². The summed E-state index contributed by atoms with van der Waals surface area (Å²) in [6.07, 6.45) is 5.21. The van der Waals surface area contributed by atoms with Crippen LogP contribution in [0.1, 0.15) is 32.1 Å². The molecule has 1 fully saturated rings. The Balaban J connectivity index is 2.01. The maximum Gasteiger partial charge on any atom is 0.294 e. The van der Waals surface area contributed by atoms with Gasteiger partial charge < -0.3 is 4.74 Å². The maximum absolute atomic E-state index is 12.9. The first-order valence-electron chi connectivity index (χ1n) is 7.56. The van der Waals surface area contributed by atoms with Gasteiger partial charge in [0.25, 0.3) is 6.47 Å². The fraction of sp³-hybridized carbons (Fsp3) is 0.375. The summed E-state index contributed by atoms with van der Waals surface area (Å²) in [5.74, 6) is 0. The summed E-state index contributed by atoms with van der Waals surface area (Å²) in [5.41, 5.74) is -0.548. The van der Waals surface area contributed by atoms with Crippen LogP contribution in [0.2, 0.25) is 0 Å². The largest absolute Gasteiger partial charge is 0.445 e. The topological polar surface area (TPSA) is 85.4 Å². The summed E-state index contributed by atoms with van der Waals surface area (Å²) in [4.78, 5) is 15.2. The Hall–Kier alpha value is -1.99. The molecule has 1 aromatic carbocycles. The Labute approximate surface area is 134 Å². The lowest BCUT2D eigenvalue weighted by Gasteiger charge is -2.35. The monoisotopic (exact) mass is 334 g/mol. The molecule has 122 valence electrons. The highest BCUT2D eigenvalue weighted by molar-refractivity contribution is 7.89. The van der Waals surface area contributed by atoms with Crippen molar-refractivity contribution in [2.45, 2.75) is 42.7 Å². The first kappa shape index (κ1) is 15.9. The van der Waals surface area contributed by atoms with Crippen molar-refractivity contribution in [1.29, 1.82) is 0 Å². The molecule has 1 aromatic heterocycles. The third-order valence-corrected chi connectivity index (χ3v) is 5.73. The van der Waals surface area contributed by atoms with Crippen molar-refractivity contribution in [2.24, 2.45) is 0 Å². The van der Waals surface area contributed by atoms with Gasteiger partial charge in [0, 0.05) is 24.4 Å². The average Bonchev–Trinajstić information content (AvgIpc) is 2.55. The van der Waals surface area contributed by atoms with Gasteiger partial charge >= 0.3 is 0 Å². The lowest BCUT2D eigenvalue weighted by molar-refractivity contribution is -0.148. The summed E-state index contributed by atoms with van der Waals surface area (Å²) in [7, 11) is -3.84. The molecule has 0 atom stereocenters. The standard InChI is InChI=1S/C16H18N2O4S/c19-12-22-16(9-2-1-3-10-16)18-23(20,21)15-8-4-7-14-13(15)6-5-11-17-14/h4-8,11-12,18H,1-3,9-10H2. The molecule has 0 aliphatic heterocycles. The highest BCUT2D eigenvalue weighted by Crippen LogP contribution is 2.31. The van der Waals surface area contributed by atoms with Crippen LogP contribution in [0.15, 0.2) is 41.4 Å². The normalized spacial score (nSPS) is 17.7. The first-order valence-corrected chi connectivity index (χ1v) is 9.04. The molecule has 6 nitrogen and oxygen atoms in total. The number of aromatic nitrogens is 1. The Morgan fingerprint density at radius 1 is 1.13 bits per heavy atom. The van der Waals surface area contributed by atoms with Gasteiger partial charge in [-0.25, -0.2) is 8.42 Å². The maximum atomic E-state index is 12.9. The molecule has 1 N–H and O–H groups in total. The van der Waals surface area contributed by atoms with Crippen molar-refractivity contribution >= 4 is 27.4 Å². The molecule has 0 saturated heterocycles. The molecular formula is C16H18N2O4S. The van der Waals surface area contributed by atoms with E-state index in [4.69, 9.17) is 4.74 Å². The van der Waals surface area contributed by atoms with Gasteiger partial charge in [-0.1, -0.05) is 12.5 Å². The van der Waals surface area contributed by atoms with Crippen LogP contribution in [0.5, 0.6) is 0 Å². The van der Waals surface area contributed by atoms with Crippen LogP contribution >= 0.6 is 0 Å². The fourth-order valence-electron chi connectivity index (χ4n) is 3.07. The van der Waals surface area contributed by atoms with Crippen molar-refractivity contribution in [3.63, 3.8) is 0 Å². The Morgan fingerprint density at radius 2 is 1.91 bits per heavy atom. The molecule has 1 saturated carbocycles.